The molecule has 4 rings (SSSR count). The van der Waals surface area contributed by atoms with Crippen molar-refractivity contribution in [3.63, 3.8) is 0 Å². The lowest BCUT2D eigenvalue weighted by Gasteiger charge is -2.13. The average Bonchev–Trinajstić information content (AvgIpc) is 3.32. The van der Waals surface area contributed by atoms with Crippen LogP contribution in [-0.2, 0) is 13.2 Å². The van der Waals surface area contributed by atoms with Crippen LogP contribution in [-0.4, -0.2) is 39.6 Å². The number of nitrogens with zero attached hydrogens (tertiary/aromatic N) is 4. The maximum absolute atomic E-state index is 5.99. The summed E-state index contributed by atoms with van der Waals surface area (Å²) >= 11 is 1.62. The third kappa shape index (κ3) is 6.34. The average molecular weight is 462 g/mol. The van der Waals surface area contributed by atoms with E-state index in [2.05, 4.69) is 52.0 Å². The highest BCUT2D eigenvalue weighted by molar-refractivity contribution is 7.99. The quantitative estimate of drug-likeness (QED) is 0.261. The van der Waals surface area contributed by atoms with Crippen molar-refractivity contribution >= 4 is 11.8 Å². The molecule has 0 amide bonds. The van der Waals surface area contributed by atoms with Crippen LogP contribution < -0.4 is 14.8 Å². The molecule has 170 valence electrons. The summed E-state index contributed by atoms with van der Waals surface area (Å²) in [4.78, 5) is 0. The van der Waals surface area contributed by atoms with Crippen LogP contribution in [0, 0.1) is 6.92 Å². The van der Waals surface area contributed by atoms with E-state index in [1.54, 1.807) is 23.6 Å². The van der Waals surface area contributed by atoms with E-state index in [-0.39, 0.29) is 0 Å². The first-order chi connectivity index (χ1) is 16.2. The maximum atomic E-state index is 5.99. The molecule has 7 nitrogen and oxygen atoms in total. The number of aromatic nitrogens is 4. The summed E-state index contributed by atoms with van der Waals surface area (Å²) in [5.41, 5.74) is 4.45. The van der Waals surface area contributed by atoms with Crippen molar-refractivity contribution in [1.82, 2.24) is 25.5 Å². The number of benzene rings is 3. The van der Waals surface area contributed by atoms with Crippen molar-refractivity contribution in [2.45, 2.75) is 25.2 Å². The molecule has 8 heteroatoms. The maximum Gasteiger partial charge on any atom is 0.214 e. The first-order valence-electron chi connectivity index (χ1n) is 10.8. The molecule has 0 unspecified atom stereocenters. The van der Waals surface area contributed by atoms with Crippen molar-refractivity contribution in [2.24, 2.45) is 0 Å². The Labute approximate surface area is 198 Å². The summed E-state index contributed by atoms with van der Waals surface area (Å²) in [7, 11) is 1.67. The topological polar surface area (TPSA) is 74.1 Å². The van der Waals surface area contributed by atoms with E-state index in [1.165, 1.54) is 5.56 Å². The van der Waals surface area contributed by atoms with Gasteiger partial charge in [-0.1, -0.05) is 65.9 Å². The van der Waals surface area contributed by atoms with Crippen LogP contribution in [0.1, 0.15) is 16.7 Å². The lowest BCUT2D eigenvalue weighted by atomic mass is 10.1. The molecule has 0 aliphatic rings. The zero-order valence-electron chi connectivity index (χ0n) is 18.8. The van der Waals surface area contributed by atoms with Gasteiger partial charge in [0.15, 0.2) is 11.5 Å². The lowest BCUT2D eigenvalue weighted by molar-refractivity contribution is 0.284. The number of rotatable bonds is 11. The number of thioether (sulfide) groups is 1. The summed E-state index contributed by atoms with van der Waals surface area (Å²) < 4.78 is 13.3. The number of tetrazole rings is 1. The highest BCUT2D eigenvalue weighted by Crippen LogP contribution is 2.29. The molecule has 0 aliphatic heterocycles. The zero-order valence-corrected chi connectivity index (χ0v) is 19.6. The number of hydrogen-bond acceptors (Lipinski definition) is 7. The van der Waals surface area contributed by atoms with Crippen LogP contribution >= 0.6 is 11.8 Å². The van der Waals surface area contributed by atoms with Gasteiger partial charge in [0.05, 0.1) is 12.8 Å². The van der Waals surface area contributed by atoms with E-state index in [0.717, 1.165) is 52.3 Å². The molecule has 0 aliphatic carbocycles. The second-order valence-corrected chi connectivity index (χ2v) is 8.56. The van der Waals surface area contributed by atoms with E-state index >= 15 is 0 Å². The monoisotopic (exact) mass is 461 g/mol. The number of methoxy groups -OCH3 is 1. The Hall–Kier alpha value is -3.36. The third-order valence-electron chi connectivity index (χ3n) is 4.99. The molecule has 33 heavy (non-hydrogen) atoms. The fraction of sp³-hybridized carbons (Fsp3) is 0.240. The largest absolute Gasteiger partial charge is 0.493 e. The molecule has 0 saturated heterocycles. The summed E-state index contributed by atoms with van der Waals surface area (Å²) in [5.74, 6) is 2.33. The molecule has 0 spiro atoms. The summed E-state index contributed by atoms with van der Waals surface area (Å²) in [6, 6.07) is 24.2. The summed E-state index contributed by atoms with van der Waals surface area (Å²) in [5, 5.41) is 16.3. The molecule has 1 heterocycles. The highest BCUT2D eigenvalue weighted by Gasteiger charge is 2.09. The number of hydrogen-bond donors (Lipinski definition) is 1. The minimum atomic E-state index is 0.509. The van der Waals surface area contributed by atoms with Crippen molar-refractivity contribution < 1.29 is 9.47 Å². The molecule has 1 aromatic heterocycles. The van der Waals surface area contributed by atoms with Crippen LogP contribution in [0.2, 0.25) is 0 Å². The van der Waals surface area contributed by atoms with Gasteiger partial charge in [0, 0.05) is 18.8 Å². The Morgan fingerprint density at radius 1 is 0.939 bits per heavy atom. The van der Waals surface area contributed by atoms with Gasteiger partial charge in [-0.3, -0.25) is 0 Å². The van der Waals surface area contributed by atoms with Crippen molar-refractivity contribution in [1.29, 1.82) is 0 Å². The molecule has 1 N–H and O–H groups in total. The molecule has 4 aromatic rings. The number of para-hydroxylation sites is 1. The van der Waals surface area contributed by atoms with E-state index in [1.807, 2.05) is 48.5 Å². The van der Waals surface area contributed by atoms with E-state index in [0.29, 0.717) is 6.61 Å². The van der Waals surface area contributed by atoms with Gasteiger partial charge in [0.25, 0.3) is 0 Å². The third-order valence-corrected chi connectivity index (χ3v) is 5.91. The van der Waals surface area contributed by atoms with Gasteiger partial charge in [-0.05, 0) is 52.7 Å². The molecule has 0 fully saturated rings. The molecule has 0 atom stereocenters. The number of ether oxygens (including phenoxy) is 2. The predicted molar refractivity (Wildman–Crippen MR) is 130 cm³/mol. The molecular weight excluding hydrogens is 434 g/mol. The second-order valence-electron chi connectivity index (χ2n) is 7.50. The van der Waals surface area contributed by atoms with Crippen molar-refractivity contribution in [3.8, 4) is 17.2 Å². The normalized spacial score (nSPS) is 10.8. The highest BCUT2D eigenvalue weighted by atomic mass is 32.2. The first-order valence-corrected chi connectivity index (χ1v) is 11.7. The Bertz CT molecular complexity index is 1170. The molecule has 0 radical (unpaired) electrons. The van der Waals surface area contributed by atoms with Gasteiger partial charge >= 0.3 is 0 Å². The lowest BCUT2D eigenvalue weighted by Crippen LogP contribution is -2.17. The molecule has 0 saturated carbocycles. The van der Waals surface area contributed by atoms with Crippen LogP contribution in [0.25, 0.3) is 5.69 Å². The predicted octanol–water partition coefficient (Wildman–Crippen LogP) is 4.44. The van der Waals surface area contributed by atoms with Gasteiger partial charge in [0.1, 0.15) is 6.61 Å². The van der Waals surface area contributed by atoms with Gasteiger partial charge in [-0.15, -0.1) is 5.10 Å². The minimum Gasteiger partial charge on any atom is -0.493 e. The van der Waals surface area contributed by atoms with Gasteiger partial charge in [-0.2, -0.15) is 4.68 Å². The SMILES string of the molecule is COc1cc(CNCCSc2nnnn2-c2ccccc2)ccc1OCc1cccc(C)c1. The minimum absolute atomic E-state index is 0.509. The molecular formula is C25H27N5O2S. The smallest absolute Gasteiger partial charge is 0.214 e. The fourth-order valence-corrected chi connectivity index (χ4v) is 4.14. The Morgan fingerprint density at radius 2 is 1.82 bits per heavy atom. The Balaban J connectivity index is 1.25. The van der Waals surface area contributed by atoms with Gasteiger partial charge < -0.3 is 14.8 Å². The first kappa shape index (κ1) is 22.8. The van der Waals surface area contributed by atoms with Crippen LogP contribution in [0.3, 0.4) is 0 Å². The number of nitrogens with one attached hydrogen (secondary N) is 1. The van der Waals surface area contributed by atoms with E-state index in [9.17, 15) is 0 Å². The molecule has 3 aromatic carbocycles. The molecule has 0 bridgehead atoms. The van der Waals surface area contributed by atoms with Crippen LogP contribution in [0.15, 0.2) is 78.0 Å². The summed E-state index contributed by atoms with van der Waals surface area (Å²) in [6.07, 6.45) is 0. The number of aryl methyl sites for hydroxylation is 1. The van der Waals surface area contributed by atoms with Crippen molar-refractivity contribution in [3.05, 3.63) is 89.5 Å². The summed E-state index contributed by atoms with van der Waals surface area (Å²) in [6.45, 7) is 4.14. The Kier molecular flexibility index (Phi) is 7.94. The second kappa shape index (κ2) is 11.5. The van der Waals surface area contributed by atoms with Gasteiger partial charge in [-0.25, -0.2) is 0 Å². The Morgan fingerprint density at radius 3 is 2.64 bits per heavy atom. The standard InChI is InChI=1S/C25H27N5O2S/c1-19-7-6-8-21(15-19)18-32-23-12-11-20(16-24(23)31-2)17-26-13-14-33-25-27-28-29-30(25)22-9-4-3-5-10-22/h3-12,15-16,26H,13-14,17-18H2,1-2H3. The van der Waals surface area contributed by atoms with E-state index < -0.39 is 0 Å². The van der Waals surface area contributed by atoms with E-state index in [4.69, 9.17) is 9.47 Å². The van der Waals surface area contributed by atoms with Crippen LogP contribution in [0.5, 0.6) is 11.5 Å². The van der Waals surface area contributed by atoms with Gasteiger partial charge in [0.2, 0.25) is 5.16 Å². The van der Waals surface area contributed by atoms with Crippen LogP contribution in [0.4, 0.5) is 0 Å². The zero-order chi connectivity index (χ0) is 22.9. The fourth-order valence-electron chi connectivity index (χ4n) is 3.35. The van der Waals surface area contributed by atoms with Crippen molar-refractivity contribution in [2.75, 3.05) is 19.4 Å².